The highest BCUT2D eigenvalue weighted by Gasteiger charge is 2.23. The van der Waals surface area contributed by atoms with E-state index in [1.165, 1.54) is 0 Å². The minimum atomic E-state index is -0.0635. The number of rotatable bonds is 5. The number of nitrogens with one attached hydrogen (secondary N) is 1. The lowest BCUT2D eigenvalue weighted by Crippen LogP contribution is -2.34. The Balaban J connectivity index is 1.41. The van der Waals surface area contributed by atoms with Crippen LogP contribution in [0.25, 0.3) is 5.69 Å². The van der Waals surface area contributed by atoms with E-state index in [9.17, 15) is 4.79 Å². The van der Waals surface area contributed by atoms with E-state index < -0.39 is 0 Å². The summed E-state index contributed by atoms with van der Waals surface area (Å²) < 4.78 is 7.36. The Labute approximate surface area is 164 Å². The van der Waals surface area contributed by atoms with Crippen molar-refractivity contribution in [1.82, 2.24) is 24.4 Å². The first kappa shape index (κ1) is 18.4. The monoisotopic (exact) mass is 379 g/mol. The van der Waals surface area contributed by atoms with Gasteiger partial charge in [-0.2, -0.15) is 0 Å². The SMILES string of the molecule is COc1ccc(-n2ccnc2CN2CCC(c3cc(=O)[nH]c(C)n3)CC2)cc1. The molecule has 0 atom stereocenters. The van der Waals surface area contributed by atoms with Crippen LogP contribution < -0.4 is 10.3 Å². The van der Waals surface area contributed by atoms with Gasteiger partial charge in [0.05, 0.1) is 19.3 Å². The van der Waals surface area contributed by atoms with E-state index in [1.807, 2.05) is 43.6 Å². The number of H-pyrrole nitrogens is 1. The highest BCUT2D eigenvalue weighted by atomic mass is 16.5. The molecule has 0 radical (unpaired) electrons. The molecule has 1 N–H and O–H groups in total. The van der Waals surface area contributed by atoms with E-state index in [2.05, 4.69) is 24.4 Å². The maximum absolute atomic E-state index is 11.7. The molecule has 1 aliphatic heterocycles. The number of aromatic amines is 1. The average molecular weight is 379 g/mol. The molecule has 1 fully saturated rings. The molecular weight excluding hydrogens is 354 g/mol. The number of nitrogens with zero attached hydrogens (tertiary/aromatic N) is 4. The van der Waals surface area contributed by atoms with Gasteiger partial charge in [-0.1, -0.05) is 0 Å². The van der Waals surface area contributed by atoms with Gasteiger partial charge in [0.2, 0.25) is 0 Å². The topological polar surface area (TPSA) is 76.0 Å². The summed E-state index contributed by atoms with van der Waals surface area (Å²) in [6, 6.07) is 9.64. The molecule has 0 spiro atoms. The van der Waals surface area contributed by atoms with Crippen LogP contribution >= 0.6 is 0 Å². The molecule has 0 bridgehead atoms. The molecule has 1 aliphatic rings. The number of benzene rings is 1. The van der Waals surface area contributed by atoms with Crippen LogP contribution in [0.2, 0.25) is 0 Å². The Morgan fingerprint density at radius 3 is 2.64 bits per heavy atom. The van der Waals surface area contributed by atoms with Crippen molar-refractivity contribution in [1.29, 1.82) is 0 Å². The van der Waals surface area contributed by atoms with Crippen LogP contribution in [0.3, 0.4) is 0 Å². The van der Waals surface area contributed by atoms with Crippen molar-refractivity contribution in [2.24, 2.45) is 0 Å². The van der Waals surface area contributed by atoms with E-state index in [0.717, 1.165) is 55.4 Å². The first-order valence-electron chi connectivity index (χ1n) is 9.59. The minimum absolute atomic E-state index is 0.0635. The first-order valence-corrected chi connectivity index (χ1v) is 9.59. The molecule has 28 heavy (non-hydrogen) atoms. The second-order valence-electron chi connectivity index (χ2n) is 7.22. The lowest BCUT2D eigenvalue weighted by atomic mass is 9.93. The van der Waals surface area contributed by atoms with Crippen LogP contribution in [0, 0.1) is 6.92 Å². The van der Waals surface area contributed by atoms with Crippen molar-refractivity contribution in [2.75, 3.05) is 20.2 Å². The van der Waals surface area contributed by atoms with Crippen LogP contribution in [0.1, 0.15) is 36.1 Å². The number of likely N-dealkylation sites (tertiary alicyclic amines) is 1. The van der Waals surface area contributed by atoms with Gasteiger partial charge < -0.3 is 14.3 Å². The van der Waals surface area contributed by atoms with E-state index >= 15 is 0 Å². The van der Waals surface area contributed by atoms with Crippen molar-refractivity contribution in [3.8, 4) is 11.4 Å². The number of imidazole rings is 1. The standard InChI is InChI=1S/C21H25N5O2/c1-15-23-19(13-21(27)24-15)16-7-10-25(11-8-16)14-20-22-9-12-26(20)17-3-5-18(28-2)6-4-17/h3-6,9,12-13,16H,7-8,10-11,14H2,1-2H3,(H,23,24,27). The van der Waals surface area contributed by atoms with E-state index in [1.54, 1.807) is 13.2 Å². The molecule has 1 saturated heterocycles. The first-order chi connectivity index (χ1) is 13.6. The maximum Gasteiger partial charge on any atom is 0.251 e. The molecule has 1 aromatic carbocycles. The number of ether oxygens (including phenoxy) is 1. The van der Waals surface area contributed by atoms with Gasteiger partial charge in [-0.05, 0) is 57.1 Å². The Morgan fingerprint density at radius 1 is 1.21 bits per heavy atom. The third-order valence-corrected chi connectivity index (χ3v) is 5.32. The van der Waals surface area contributed by atoms with Crippen LogP contribution in [-0.4, -0.2) is 44.6 Å². The quantitative estimate of drug-likeness (QED) is 0.738. The molecule has 3 aromatic rings. The number of aryl methyl sites for hydroxylation is 1. The summed E-state index contributed by atoms with van der Waals surface area (Å²) in [5, 5.41) is 0. The largest absolute Gasteiger partial charge is 0.497 e. The van der Waals surface area contributed by atoms with Gasteiger partial charge in [-0.25, -0.2) is 9.97 Å². The number of piperidine rings is 1. The number of hydrogen-bond acceptors (Lipinski definition) is 5. The summed E-state index contributed by atoms with van der Waals surface area (Å²) in [5.41, 5.74) is 1.93. The summed E-state index contributed by atoms with van der Waals surface area (Å²) in [6.45, 7) is 4.56. The molecule has 0 unspecified atom stereocenters. The number of hydrogen-bond donors (Lipinski definition) is 1. The van der Waals surface area contributed by atoms with Gasteiger partial charge in [0.25, 0.3) is 5.56 Å². The molecular formula is C21H25N5O2. The fourth-order valence-electron chi connectivity index (χ4n) is 3.83. The summed E-state index contributed by atoms with van der Waals surface area (Å²) in [6.07, 6.45) is 5.83. The number of methoxy groups -OCH3 is 1. The highest BCUT2D eigenvalue weighted by Crippen LogP contribution is 2.27. The minimum Gasteiger partial charge on any atom is -0.497 e. The highest BCUT2D eigenvalue weighted by molar-refractivity contribution is 5.38. The van der Waals surface area contributed by atoms with Crippen molar-refractivity contribution in [2.45, 2.75) is 32.2 Å². The van der Waals surface area contributed by atoms with Crippen LogP contribution in [0.15, 0.2) is 47.5 Å². The molecule has 0 saturated carbocycles. The normalized spacial score (nSPS) is 15.6. The van der Waals surface area contributed by atoms with Crippen molar-refractivity contribution >= 4 is 0 Å². The maximum atomic E-state index is 11.7. The Morgan fingerprint density at radius 2 is 1.96 bits per heavy atom. The van der Waals surface area contributed by atoms with Gasteiger partial charge in [0.15, 0.2) is 0 Å². The molecule has 4 rings (SSSR count). The van der Waals surface area contributed by atoms with Crippen molar-refractivity contribution in [3.05, 3.63) is 70.4 Å². The van der Waals surface area contributed by atoms with E-state index in [-0.39, 0.29) is 5.56 Å². The van der Waals surface area contributed by atoms with Gasteiger partial charge in [0, 0.05) is 30.1 Å². The zero-order chi connectivity index (χ0) is 19.5. The predicted octanol–water partition coefficient (Wildman–Crippen LogP) is 2.65. The third-order valence-electron chi connectivity index (χ3n) is 5.32. The fraction of sp³-hybridized carbons (Fsp3) is 0.381. The molecule has 2 aromatic heterocycles. The van der Waals surface area contributed by atoms with Gasteiger partial charge in [-0.3, -0.25) is 9.69 Å². The second kappa shape index (κ2) is 7.98. The fourth-order valence-corrected chi connectivity index (χ4v) is 3.83. The van der Waals surface area contributed by atoms with Gasteiger partial charge >= 0.3 is 0 Å². The average Bonchev–Trinajstić information content (AvgIpc) is 3.16. The molecule has 3 heterocycles. The van der Waals surface area contributed by atoms with Crippen LogP contribution in [0.5, 0.6) is 5.75 Å². The van der Waals surface area contributed by atoms with E-state index in [4.69, 9.17) is 4.74 Å². The third kappa shape index (κ3) is 3.99. The zero-order valence-electron chi connectivity index (χ0n) is 16.3. The Kier molecular flexibility index (Phi) is 5.25. The predicted molar refractivity (Wildman–Crippen MR) is 107 cm³/mol. The summed E-state index contributed by atoms with van der Waals surface area (Å²) in [7, 11) is 1.67. The number of aromatic nitrogens is 4. The molecule has 0 aliphatic carbocycles. The van der Waals surface area contributed by atoms with E-state index in [0.29, 0.717) is 11.7 Å². The lowest BCUT2D eigenvalue weighted by molar-refractivity contribution is 0.198. The smallest absolute Gasteiger partial charge is 0.251 e. The molecule has 7 nitrogen and oxygen atoms in total. The summed E-state index contributed by atoms with van der Waals surface area (Å²) >= 11 is 0. The van der Waals surface area contributed by atoms with Crippen LogP contribution in [0.4, 0.5) is 0 Å². The zero-order valence-corrected chi connectivity index (χ0v) is 16.3. The van der Waals surface area contributed by atoms with Crippen molar-refractivity contribution in [3.63, 3.8) is 0 Å². The Hall–Kier alpha value is -2.93. The molecule has 0 amide bonds. The van der Waals surface area contributed by atoms with Crippen molar-refractivity contribution < 1.29 is 4.74 Å². The van der Waals surface area contributed by atoms with Gasteiger partial charge in [-0.15, -0.1) is 0 Å². The molecule has 146 valence electrons. The second-order valence-corrected chi connectivity index (χ2v) is 7.22. The summed E-state index contributed by atoms with van der Waals surface area (Å²) in [4.78, 5) is 25.9. The van der Waals surface area contributed by atoms with Gasteiger partial charge in [0.1, 0.15) is 17.4 Å². The van der Waals surface area contributed by atoms with Crippen LogP contribution in [-0.2, 0) is 6.54 Å². The summed E-state index contributed by atoms with van der Waals surface area (Å²) in [5.74, 6) is 2.90. The molecule has 7 heteroatoms. The lowest BCUT2D eigenvalue weighted by Gasteiger charge is -2.31. The Bertz CT molecular complexity index is 985.